The zero-order chi connectivity index (χ0) is 8.97. The molecule has 12 heavy (non-hydrogen) atoms. The molecule has 0 saturated carbocycles. The topological polar surface area (TPSA) is 55.1 Å². The fourth-order valence-corrected chi connectivity index (χ4v) is 0.830. The molecular weight excluding hydrogens is 159 g/mol. The van der Waals surface area contributed by atoms with E-state index in [1.54, 1.807) is 30.3 Å². The lowest BCUT2D eigenvalue weighted by Gasteiger charge is -2.07. The zero-order valence-corrected chi connectivity index (χ0v) is 6.33. The maximum atomic E-state index is 13.0. The average Bonchev–Trinajstić information content (AvgIpc) is 2.05. The second kappa shape index (κ2) is 3.71. The number of primary amides is 1. The van der Waals surface area contributed by atoms with E-state index in [4.69, 9.17) is 5.73 Å². The van der Waals surface area contributed by atoms with Crippen LogP contribution in [-0.2, 0) is 0 Å². The first kappa shape index (κ1) is 8.52. The van der Waals surface area contributed by atoms with Gasteiger partial charge in [-0.3, -0.25) is 0 Å². The summed E-state index contributed by atoms with van der Waals surface area (Å²) < 4.78 is 13.0. The van der Waals surface area contributed by atoms with Crippen molar-refractivity contribution in [3.8, 4) is 0 Å². The molecule has 0 heterocycles. The summed E-state index contributed by atoms with van der Waals surface area (Å²) in [5.74, 6) is 0. The lowest BCUT2D eigenvalue weighted by molar-refractivity contribution is 0.226. The van der Waals surface area contributed by atoms with Crippen molar-refractivity contribution in [3.05, 3.63) is 35.9 Å². The highest BCUT2D eigenvalue weighted by Gasteiger charge is 2.08. The third-order valence-corrected chi connectivity index (χ3v) is 1.36. The number of nitrogens with one attached hydrogen (secondary N) is 1. The molecule has 1 atom stereocenters. The molecule has 0 aliphatic heterocycles. The van der Waals surface area contributed by atoms with Gasteiger partial charge in [-0.2, -0.15) is 0 Å². The second-order valence-electron chi connectivity index (χ2n) is 2.28. The number of rotatable bonds is 2. The van der Waals surface area contributed by atoms with E-state index in [9.17, 15) is 9.18 Å². The highest BCUT2D eigenvalue weighted by atomic mass is 19.1. The van der Waals surface area contributed by atoms with Gasteiger partial charge in [0.2, 0.25) is 0 Å². The molecular formula is C8H9FN2O. The highest BCUT2D eigenvalue weighted by molar-refractivity contribution is 5.71. The smallest absolute Gasteiger partial charge is 0.314 e. The van der Waals surface area contributed by atoms with Gasteiger partial charge in [0.1, 0.15) is 0 Å². The third kappa shape index (κ3) is 2.23. The number of amides is 2. The summed E-state index contributed by atoms with van der Waals surface area (Å²) in [6, 6.07) is 7.41. The van der Waals surface area contributed by atoms with E-state index in [1.807, 2.05) is 5.32 Å². The normalized spacial score (nSPS) is 12.1. The minimum atomic E-state index is -1.52. The van der Waals surface area contributed by atoms with E-state index in [2.05, 4.69) is 0 Å². The predicted molar refractivity (Wildman–Crippen MR) is 43.0 cm³/mol. The Morgan fingerprint density at radius 2 is 2.00 bits per heavy atom. The van der Waals surface area contributed by atoms with E-state index in [-0.39, 0.29) is 0 Å². The Labute approximate surface area is 69.4 Å². The van der Waals surface area contributed by atoms with Gasteiger partial charge in [-0.05, 0) is 0 Å². The minimum Gasteiger partial charge on any atom is -0.352 e. The lowest BCUT2D eigenvalue weighted by Crippen LogP contribution is -2.31. The van der Waals surface area contributed by atoms with Crippen molar-refractivity contribution in [3.63, 3.8) is 0 Å². The van der Waals surface area contributed by atoms with Gasteiger partial charge in [-0.25, -0.2) is 9.18 Å². The van der Waals surface area contributed by atoms with E-state index in [1.165, 1.54) is 0 Å². The zero-order valence-electron chi connectivity index (χ0n) is 6.33. The number of urea groups is 1. The number of benzene rings is 1. The Morgan fingerprint density at radius 1 is 1.42 bits per heavy atom. The first-order valence-electron chi connectivity index (χ1n) is 3.45. The Bertz CT molecular complexity index is 263. The summed E-state index contributed by atoms with van der Waals surface area (Å²) in [5, 5.41) is 1.93. The molecule has 1 unspecified atom stereocenters. The molecule has 3 N–H and O–H groups in total. The Balaban J connectivity index is 2.65. The maximum Gasteiger partial charge on any atom is 0.314 e. The predicted octanol–water partition coefficient (Wildman–Crippen LogP) is 1.32. The van der Waals surface area contributed by atoms with Gasteiger partial charge in [0.25, 0.3) is 0 Å². The second-order valence-corrected chi connectivity index (χ2v) is 2.28. The molecule has 0 saturated heterocycles. The molecule has 0 spiro atoms. The van der Waals surface area contributed by atoms with Crippen molar-refractivity contribution in [2.45, 2.75) is 6.30 Å². The number of halogens is 1. The lowest BCUT2D eigenvalue weighted by atomic mass is 10.2. The monoisotopic (exact) mass is 168 g/mol. The van der Waals surface area contributed by atoms with Crippen LogP contribution in [0.2, 0.25) is 0 Å². The summed E-state index contributed by atoms with van der Waals surface area (Å²) in [5.41, 5.74) is 5.13. The van der Waals surface area contributed by atoms with Crippen LogP contribution in [-0.4, -0.2) is 6.03 Å². The third-order valence-electron chi connectivity index (χ3n) is 1.36. The van der Waals surface area contributed by atoms with Crippen LogP contribution in [0.4, 0.5) is 9.18 Å². The molecule has 3 nitrogen and oxygen atoms in total. The van der Waals surface area contributed by atoms with Gasteiger partial charge >= 0.3 is 6.03 Å². The first-order valence-corrected chi connectivity index (χ1v) is 3.45. The number of hydrogen-bond donors (Lipinski definition) is 2. The van der Waals surface area contributed by atoms with Gasteiger partial charge in [-0.15, -0.1) is 0 Å². The number of carbonyl (C=O) groups is 1. The van der Waals surface area contributed by atoms with Crippen molar-refractivity contribution in [1.82, 2.24) is 5.32 Å². The molecule has 0 radical (unpaired) electrons. The van der Waals surface area contributed by atoms with Gasteiger partial charge in [-0.1, -0.05) is 30.3 Å². The van der Waals surface area contributed by atoms with Gasteiger partial charge in [0.15, 0.2) is 6.30 Å². The van der Waals surface area contributed by atoms with Crippen LogP contribution in [0.3, 0.4) is 0 Å². The van der Waals surface area contributed by atoms with Gasteiger partial charge < -0.3 is 11.1 Å². The first-order chi connectivity index (χ1) is 5.70. The van der Waals surface area contributed by atoms with Crippen LogP contribution in [0.1, 0.15) is 11.9 Å². The Kier molecular flexibility index (Phi) is 2.63. The minimum absolute atomic E-state index is 0.385. The molecule has 64 valence electrons. The van der Waals surface area contributed by atoms with Crippen molar-refractivity contribution < 1.29 is 9.18 Å². The maximum absolute atomic E-state index is 13.0. The average molecular weight is 168 g/mol. The van der Waals surface area contributed by atoms with Crippen LogP contribution in [0.15, 0.2) is 30.3 Å². The summed E-state index contributed by atoms with van der Waals surface area (Å²) in [7, 11) is 0. The van der Waals surface area contributed by atoms with Crippen molar-refractivity contribution >= 4 is 6.03 Å². The molecule has 0 fully saturated rings. The van der Waals surface area contributed by atoms with E-state index >= 15 is 0 Å². The SMILES string of the molecule is NC(=O)NC(F)c1ccccc1. The molecule has 0 aromatic heterocycles. The molecule has 2 amide bonds. The van der Waals surface area contributed by atoms with Crippen molar-refractivity contribution in [2.24, 2.45) is 5.73 Å². The molecule has 1 rings (SSSR count). The summed E-state index contributed by atoms with van der Waals surface area (Å²) >= 11 is 0. The number of alkyl halides is 1. The molecule has 1 aromatic carbocycles. The summed E-state index contributed by atoms with van der Waals surface area (Å²) in [6.45, 7) is 0. The van der Waals surface area contributed by atoms with Crippen molar-refractivity contribution in [1.29, 1.82) is 0 Å². The fraction of sp³-hybridized carbons (Fsp3) is 0.125. The van der Waals surface area contributed by atoms with Crippen LogP contribution in [0, 0.1) is 0 Å². The van der Waals surface area contributed by atoms with Crippen LogP contribution < -0.4 is 11.1 Å². The van der Waals surface area contributed by atoms with E-state index < -0.39 is 12.3 Å². The fourth-order valence-electron chi connectivity index (χ4n) is 0.830. The number of hydrogen-bond acceptors (Lipinski definition) is 1. The summed E-state index contributed by atoms with van der Waals surface area (Å²) in [4.78, 5) is 10.3. The van der Waals surface area contributed by atoms with Gasteiger partial charge in [0, 0.05) is 5.56 Å². The standard InChI is InChI=1S/C8H9FN2O/c9-7(11-8(10)12)6-4-2-1-3-5-6/h1-5,7H,(H3,10,11,12). The van der Waals surface area contributed by atoms with Crippen molar-refractivity contribution in [2.75, 3.05) is 0 Å². The molecule has 1 aromatic rings. The van der Waals surface area contributed by atoms with Crippen LogP contribution in [0.25, 0.3) is 0 Å². The highest BCUT2D eigenvalue weighted by Crippen LogP contribution is 2.12. The van der Waals surface area contributed by atoms with Gasteiger partial charge in [0.05, 0.1) is 0 Å². The van der Waals surface area contributed by atoms with Crippen LogP contribution in [0.5, 0.6) is 0 Å². The summed E-state index contributed by atoms with van der Waals surface area (Å²) in [6.07, 6.45) is -1.52. The molecule has 4 heteroatoms. The Morgan fingerprint density at radius 3 is 2.50 bits per heavy atom. The molecule has 0 bridgehead atoms. The Hall–Kier alpha value is -1.58. The molecule has 0 aliphatic rings. The van der Waals surface area contributed by atoms with Crippen LogP contribution >= 0.6 is 0 Å². The largest absolute Gasteiger partial charge is 0.352 e. The quantitative estimate of drug-likeness (QED) is 0.643. The number of carbonyl (C=O) groups excluding carboxylic acids is 1. The number of nitrogens with two attached hydrogens (primary N) is 1. The van der Waals surface area contributed by atoms with E-state index in [0.29, 0.717) is 5.56 Å². The van der Waals surface area contributed by atoms with E-state index in [0.717, 1.165) is 0 Å². The molecule has 0 aliphatic carbocycles.